The van der Waals surface area contributed by atoms with Gasteiger partial charge in [-0.1, -0.05) is 12.1 Å². The van der Waals surface area contributed by atoms with E-state index in [0.29, 0.717) is 13.1 Å². The Balaban J connectivity index is 2.06. The van der Waals surface area contributed by atoms with Crippen LogP contribution in [0, 0.1) is 5.41 Å². The highest BCUT2D eigenvalue weighted by Gasteiger charge is 2.42. The van der Waals surface area contributed by atoms with E-state index in [9.17, 15) is 13.2 Å². The van der Waals surface area contributed by atoms with Crippen molar-refractivity contribution in [1.82, 2.24) is 0 Å². The summed E-state index contributed by atoms with van der Waals surface area (Å²) in [6.45, 7) is 1.15. The van der Waals surface area contributed by atoms with Crippen LogP contribution in [0.4, 0.5) is 18.9 Å². The molecule has 1 aromatic carbocycles. The van der Waals surface area contributed by atoms with Crippen LogP contribution < -0.4 is 11.1 Å². The lowest BCUT2D eigenvalue weighted by Gasteiger charge is -2.19. The first kappa shape index (κ1) is 13.2. The standard InChI is InChI=1S/C13H17F3N2/c14-13(15,16)10-3-1-2-4-11(10)18-9-12(5-6-12)7-8-17/h1-4,18H,5-9,17H2. The van der Waals surface area contributed by atoms with Gasteiger partial charge in [-0.3, -0.25) is 0 Å². The van der Waals surface area contributed by atoms with Crippen LogP contribution in [0.5, 0.6) is 0 Å². The van der Waals surface area contributed by atoms with Crippen LogP contribution in [0.25, 0.3) is 0 Å². The molecule has 1 saturated carbocycles. The first-order chi connectivity index (χ1) is 8.47. The molecule has 2 nitrogen and oxygen atoms in total. The second-order valence-corrected chi connectivity index (χ2v) is 4.94. The molecule has 1 aliphatic carbocycles. The number of hydrogen-bond acceptors (Lipinski definition) is 2. The Hall–Kier alpha value is -1.23. The van der Waals surface area contributed by atoms with Gasteiger partial charge in [0.15, 0.2) is 0 Å². The zero-order valence-electron chi connectivity index (χ0n) is 10.1. The fraction of sp³-hybridized carbons (Fsp3) is 0.538. The van der Waals surface area contributed by atoms with E-state index in [1.807, 2.05) is 0 Å². The van der Waals surface area contributed by atoms with E-state index in [0.717, 1.165) is 25.3 Å². The Kier molecular flexibility index (Phi) is 3.52. The summed E-state index contributed by atoms with van der Waals surface area (Å²) in [5.41, 5.74) is 5.19. The number of para-hydroxylation sites is 1. The van der Waals surface area contributed by atoms with E-state index in [1.165, 1.54) is 12.1 Å². The lowest BCUT2D eigenvalue weighted by Crippen LogP contribution is -2.20. The Morgan fingerprint density at radius 3 is 2.44 bits per heavy atom. The van der Waals surface area contributed by atoms with Gasteiger partial charge in [0.1, 0.15) is 0 Å². The molecule has 0 spiro atoms. The molecule has 0 aliphatic heterocycles. The second kappa shape index (κ2) is 4.80. The number of nitrogens with two attached hydrogens (primary N) is 1. The minimum atomic E-state index is -4.31. The van der Waals surface area contributed by atoms with E-state index in [1.54, 1.807) is 6.07 Å². The van der Waals surface area contributed by atoms with Crippen molar-refractivity contribution in [2.45, 2.75) is 25.4 Å². The van der Waals surface area contributed by atoms with Gasteiger partial charge >= 0.3 is 6.18 Å². The molecular formula is C13H17F3N2. The summed E-state index contributed by atoms with van der Waals surface area (Å²) >= 11 is 0. The molecule has 0 heterocycles. The summed E-state index contributed by atoms with van der Waals surface area (Å²) in [7, 11) is 0. The number of alkyl halides is 3. The number of hydrogen-bond donors (Lipinski definition) is 2. The number of halogens is 3. The molecule has 1 fully saturated rings. The zero-order chi connectivity index (χ0) is 13.2. The molecule has 0 saturated heterocycles. The minimum Gasteiger partial charge on any atom is -0.384 e. The molecule has 3 N–H and O–H groups in total. The van der Waals surface area contributed by atoms with Crippen molar-refractivity contribution in [2.75, 3.05) is 18.4 Å². The van der Waals surface area contributed by atoms with Gasteiger partial charge in [0.05, 0.1) is 5.56 Å². The van der Waals surface area contributed by atoms with Crippen LogP contribution >= 0.6 is 0 Å². The Labute approximate surface area is 104 Å². The van der Waals surface area contributed by atoms with Crippen molar-refractivity contribution in [3.8, 4) is 0 Å². The van der Waals surface area contributed by atoms with Crippen molar-refractivity contribution < 1.29 is 13.2 Å². The molecule has 0 unspecified atom stereocenters. The molecule has 5 heteroatoms. The van der Waals surface area contributed by atoms with E-state index in [2.05, 4.69) is 5.32 Å². The molecule has 0 amide bonds. The molecule has 0 bridgehead atoms. The summed E-state index contributed by atoms with van der Waals surface area (Å²) < 4.78 is 38.3. The van der Waals surface area contributed by atoms with Gasteiger partial charge in [-0.2, -0.15) is 13.2 Å². The maximum atomic E-state index is 12.8. The fourth-order valence-corrected chi connectivity index (χ4v) is 2.17. The molecular weight excluding hydrogens is 241 g/mol. The normalized spacial score (nSPS) is 17.6. The maximum Gasteiger partial charge on any atom is 0.418 e. The van der Waals surface area contributed by atoms with Gasteiger partial charge in [-0.25, -0.2) is 0 Å². The van der Waals surface area contributed by atoms with Gasteiger partial charge in [-0.05, 0) is 43.4 Å². The van der Waals surface area contributed by atoms with Crippen LogP contribution in [-0.2, 0) is 6.18 Å². The first-order valence-corrected chi connectivity index (χ1v) is 6.07. The molecule has 0 aromatic heterocycles. The van der Waals surface area contributed by atoms with E-state index < -0.39 is 11.7 Å². The highest BCUT2D eigenvalue weighted by molar-refractivity contribution is 5.52. The first-order valence-electron chi connectivity index (χ1n) is 6.07. The van der Waals surface area contributed by atoms with Crippen molar-refractivity contribution >= 4 is 5.69 Å². The monoisotopic (exact) mass is 258 g/mol. The molecule has 1 aliphatic rings. The van der Waals surface area contributed by atoms with Crippen LogP contribution in [-0.4, -0.2) is 13.1 Å². The molecule has 100 valence electrons. The summed E-state index contributed by atoms with van der Waals surface area (Å²) in [4.78, 5) is 0. The summed E-state index contributed by atoms with van der Waals surface area (Å²) in [5.74, 6) is 0. The van der Waals surface area contributed by atoms with Crippen molar-refractivity contribution in [3.63, 3.8) is 0 Å². The van der Waals surface area contributed by atoms with Crippen LogP contribution in [0.1, 0.15) is 24.8 Å². The van der Waals surface area contributed by atoms with Gasteiger partial charge in [0.2, 0.25) is 0 Å². The third-order valence-electron chi connectivity index (χ3n) is 3.52. The second-order valence-electron chi connectivity index (χ2n) is 4.94. The quantitative estimate of drug-likeness (QED) is 0.850. The van der Waals surface area contributed by atoms with Crippen molar-refractivity contribution in [2.24, 2.45) is 11.1 Å². The number of anilines is 1. The lowest BCUT2D eigenvalue weighted by molar-refractivity contribution is -0.137. The van der Waals surface area contributed by atoms with Gasteiger partial charge in [0.25, 0.3) is 0 Å². The fourth-order valence-electron chi connectivity index (χ4n) is 2.17. The highest BCUT2D eigenvalue weighted by atomic mass is 19.4. The molecule has 0 radical (unpaired) electrons. The molecule has 1 aromatic rings. The van der Waals surface area contributed by atoms with Gasteiger partial charge in [0, 0.05) is 12.2 Å². The van der Waals surface area contributed by atoms with Crippen molar-refractivity contribution in [3.05, 3.63) is 29.8 Å². The van der Waals surface area contributed by atoms with E-state index >= 15 is 0 Å². The molecule has 18 heavy (non-hydrogen) atoms. The van der Waals surface area contributed by atoms with E-state index in [-0.39, 0.29) is 11.1 Å². The van der Waals surface area contributed by atoms with Gasteiger partial charge < -0.3 is 11.1 Å². The van der Waals surface area contributed by atoms with Gasteiger partial charge in [-0.15, -0.1) is 0 Å². The predicted molar refractivity (Wildman–Crippen MR) is 65.3 cm³/mol. The lowest BCUT2D eigenvalue weighted by atomic mass is 10.0. The Morgan fingerprint density at radius 2 is 1.89 bits per heavy atom. The summed E-state index contributed by atoms with van der Waals surface area (Å²) in [6, 6.07) is 5.59. The molecule has 2 rings (SSSR count). The third kappa shape index (κ3) is 2.96. The molecule has 0 atom stereocenters. The van der Waals surface area contributed by atoms with Crippen LogP contribution in [0.15, 0.2) is 24.3 Å². The summed E-state index contributed by atoms with van der Waals surface area (Å²) in [6.07, 6.45) is -1.35. The highest BCUT2D eigenvalue weighted by Crippen LogP contribution is 2.48. The topological polar surface area (TPSA) is 38.0 Å². The summed E-state index contributed by atoms with van der Waals surface area (Å²) in [5, 5.41) is 2.93. The average molecular weight is 258 g/mol. The minimum absolute atomic E-state index is 0.119. The SMILES string of the molecule is NCCC1(CNc2ccccc2C(F)(F)F)CC1. The zero-order valence-corrected chi connectivity index (χ0v) is 10.1. The number of nitrogens with one attached hydrogen (secondary N) is 1. The van der Waals surface area contributed by atoms with Crippen LogP contribution in [0.2, 0.25) is 0 Å². The Bertz CT molecular complexity index is 411. The maximum absolute atomic E-state index is 12.8. The number of benzene rings is 1. The average Bonchev–Trinajstić information content (AvgIpc) is 3.07. The number of rotatable bonds is 5. The third-order valence-corrected chi connectivity index (χ3v) is 3.52. The van der Waals surface area contributed by atoms with Crippen LogP contribution in [0.3, 0.4) is 0 Å². The predicted octanol–water partition coefficient (Wildman–Crippen LogP) is 3.25. The largest absolute Gasteiger partial charge is 0.418 e. The smallest absolute Gasteiger partial charge is 0.384 e. The van der Waals surface area contributed by atoms with E-state index in [4.69, 9.17) is 5.73 Å². The Morgan fingerprint density at radius 1 is 1.22 bits per heavy atom. The van der Waals surface area contributed by atoms with Crippen molar-refractivity contribution in [1.29, 1.82) is 0 Å².